The van der Waals surface area contributed by atoms with Crippen molar-refractivity contribution < 1.29 is 14.9 Å². The van der Waals surface area contributed by atoms with Crippen molar-refractivity contribution in [3.63, 3.8) is 0 Å². The lowest BCUT2D eigenvalue weighted by Crippen LogP contribution is -2.21. The van der Waals surface area contributed by atoms with Gasteiger partial charge in [-0.1, -0.05) is 32.0 Å². The number of hydrogen-bond donors (Lipinski definition) is 1. The second-order valence-electron chi connectivity index (χ2n) is 6.07. The summed E-state index contributed by atoms with van der Waals surface area (Å²) in [7, 11) is 0. The maximum Gasteiger partial charge on any atom is 0.168 e. The first-order valence-electron chi connectivity index (χ1n) is 6.76. The molecule has 0 aliphatic rings. The van der Waals surface area contributed by atoms with Crippen LogP contribution in [0.25, 0.3) is 0 Å². The second kappa shape index (κ2) is 8.18. The van der Waals surface area contributed by atoms with Crippen LogP contribution in [0.1, 0.15) is 59.9 Å². The molecule has 1 aromatic carbocycles. The Morgan fingerprint density at radius 1 is 1.00 bits per heavy atom. The molecule has 0 aliphatic heterocycles. The third-order valence-corrected chi connectivity index (χ3v) is 1.92. The highest BCUT2D eigenvalue weighted by atomic mass is 17.2. The average molecular weight is 268 g/mol. The minimum Gasteiger partial charge on any atom is -0.394 e. The molecule has 0 saturated heterocycles. The van der Waals surface area contributed by atoms with Crippen LogP contribution in [0.5, 0.6) is 5.75 Å². The number of para-hydroxylation sites is 1. The monoisotopic (exact) mass is 268 g/mol. The van der Waals surface area contributed by atoms with Crippen molar-refractivity contribution in [3.05, 3.63) is 29.8 Å². The SMILES string of the molecule is CC(C)O.CC(C)c1ccccc1OOC(C)(C)C. The summed E-state index contributed by atoms with van der Waals surface area (Å²) in [6.45, 7) is 13.6. The van der Waals surface area contributed by atoms with E-state index in [0.717, 1.165) is 5.75 Å². The van der Waals surface area contributed by atoms with Crippen molar-refractivity contribution in [1.82, 2.24) is 0 Å². The molecular formula is C16H28O3. The summed E-state index contributed by atoms with van der Waals surface area (Å²) in [6.07, 6.45) is -0.167. The molecule has 0 aliphatic carbocycles. The summed E-state index contributed by atoms with van der Waals surface area (Å²) in [5.41, 5.74) is 0.881. The molecule has 0 radical (unpaired) electrons. The van der Waals surface area contributed by atoms with E-state index < -0.39 is 0 Å². The predicted octanol–water partition coefficient (Wildman–Crippen LogP) is 4.31. The minimum absolute atomic E-state index is 0.167. The quantitative estimate of drug-likeness (QED) is 0.656. The fraction of sp³-hybridized carbons (Fsp3) is 0.625. The van der Waals surface area contributed by atoms with Gasteiger partial charge in [0.25, 0.3) is 0 Å². The van der Waals surface area contributed by atoms with Crippen molar-refractivity contribution in [1.29, 1.82) is 0 Å². The Balaban J connectivity index is 0.000000711. The third kappa shape index (κ3) is 9.51. The lowest BCUT2D eigenvalue weighted by atomic mass is 10.0. The zero-order valence-corrected chi connectivity index (χ0v) is 13.2. The molecule has 0 heterocycles. The van der Waals surface area contributed by atoms with E-state index in [2.05, 4.69) is 19.9 Å². The van der Waals surface area contributed by atoms with Gasteiger partial charge in [0.05, 0.1) is 0 Å². The zero-order chi connectivity index (χ0) is 15.1. The van der Waals surface area contributed by atoms with E-state index >= 15 is 0 Å². The minimum atomic E-state index is -0.288. The number of rotatable bonds is 3. The Labute approximate surface area is 117 Å². The lowest BCUT2D eigenvalue weighted by molar-refractivity contribution is -0.275. The van der Waals surface area contributed by atoms with Crippen LogP contribution in [-0.2, 0) is 4.89 Å². The van der Waals surface area contributed by atoms with Gasteiger partial charge < -0.3 is 9.99 Å². The van der Waals surface area contributed by atoms with Gasteiger partial charge in [-0.15, -0.1) is 0 Å². The Morgan fingerprint density at radius 3 is 1.89 bits per heavy atom. The topological polar surface area (TPSA) is 38.7 Å². The molecule has 110 valence electrons. The Kier molecular flexibility index (Phi) is 7.72. The van der Waals surface area contributed by atoms with Crippen molar-refractivity contribution in [2.75, 3.05) is 0 Å². The molecular weight excluding hydrogens is 240 g/mol. The molecule has 3 heteroatoms. The second-order valence-corrected chi connectivity index (χ2v) is 6.07. The van der Waals surface area contributed by atoms with E-state index in [4.69, 9.17) is 14.9 Å². The molecule has 0 amide bonds. The van der Waals surface area contributed by atoms with Gasteiger partial charge in [-0.05, 0) is 46.6 Å². The number of aliphatic hydroxyl groups excluding tert-OH is 1. The van der Waals surface area contributed by atoms with Crippen molar-refractivity contribution >= 4 is 0 Å². The normalized spacial score (nSPS) is 11.3. The predicted molar refractivity (Wildman–Crippen MR) is 79.4 cm³/mol. The van der Waals surface area contributed by atoms with E-state index in [-0.39, 0.29) is 11.7 Å². The summed E-state index contributed by atoms with van der Waals surface area (Å²) in [6, 6.07) is 7.96. The van der Waals surface area contributed by atoms with Gasteiger partial charge in [-0.3, -0.25) is 0 Å². The Hall–Kier alpha value is -1.06. The van der Waals surface area contributed by atoms with E-state index in [1.54, 1.807) is 13.8 Å². The molecule has 0 bridgehead atoms. The summed E-state index contributed by atoms with van der Waals surface area (Å²) >= 11 is 0. The number of aliphatic hydroxyl groups is 1. The number of hydrogen-bond acceptors (Lipinski definition) is 3. The van der Waals surface area contributed by atoms with E-state index in [9.17, 15) is 0 Å². The standard InChI is InChI=1S/C13H20O2.C3H8O/c1-10(2)11-8-6-7-9-12(11)14-15-13(3,4)5;1-3(2)4/h6-10H,1-5H3;3-4H,1-2H3. The summed E-state index contributed by atoms with van der Waals surface area (Å²) in [5.74, 6) is 1.24. The highest BCUT2D eigenvalue weighted by molar-refractivity contribution is 5.35. The molecule has 0 aromatic heterocycles. The molecule has 3 nitrogen and oxygen atoms in total. The molecule has 0 unspecified atom stereocenters. The summed E-state index contributed by atoms with van der Waals surface area (Å²) < 4.78 is 0. The third-order valence-electron chi connectivity index (χ3n) is 1.92. The maximum atomic E-state index is 8.06. The summed E-state index contributed by atoms with van der Waals surface area (Å²) in [5, 5.41) is 8.06. The molecule has 1 rings (SSSR count). The first-order valence-corrected chi connectivity index (χ1v) is 6.76. The van der Waals surface area contributed by atoms with Crippen LogP contribution in [-0.4, -0.2) is 16.8 Å². The lowest BCUT2D eigenvalue weighted by Gasteiger charge is -2.19. The number of benzene rings is 1. The van der Waals surface area contributed by atoms with Gasteiger partial charge in [-0.2, -0.15) is 4.89 Å². The van der Waals surface area contributed by atoms with Crippen molar-refractivity contribution in [2.45, 2.75) is 66.1 Å². The Bertz CT molecular complexity index is 349. The van der Waals surface area contributed by atoms with Gasteiger partial charge in [0.15, 0.2) is 5.75 Å². The van der Waals surface area contributed by atoms with E-state index in [1.165, 1.54) is 5.56 Å². The molecule has 0 atom stereocenters. The van der Waals surface area contributed by atoms with Crippen molar-refractivity contribution in [2.24, 2.45) is 0 Å². The van der Waals surface area contributed by atoms with Crippen LogP contribution < -0.4 is 4.89 Å². The fourth-order valence-electron chi connectivity index (χ4n) is 1.20. The van der Waals surface area contributed by atoms with Crippen LogP contribution in [0.3, 0.4) is 0 Å². The van der Waals surface area contributed by atoms with E-state index in [1.807, 2.05) is 39.0 Å². The van der Waals surface area contributed by atoms with Gasteiger partial charge in [0.2, 0.25) is 0 Å². The van der Waals surface area contributed by atoms with Gasteiger partial charge in [-0.25, -0.2) is 0 Å². The largest absolute Gasteiger partial charge is 0.394 e. The zero-order valence-electron chi connectivity index (χ0n) is 13.2. The highest BCUT2D eigenvalue weighted by Crippen LogP contribution is 2.27. The fourth-order valence-corrected chi connectivity index (χ4v) is 1.20. The molecule has 1 aromatic rings. The Morgan fingerprint density at radius 2 is 1.47 bits per heavy atom. The van der Waals surface area contributed by atoms with Gasteiger partial charge >= 0.3 is 0 Å². The van der Waals surface area contributed by atoms with Crippen LogP contribution >= 0.6 is 0 Å². The molecule has 0 fully saturated rings. The van der Waals surface area contributed by atoms with Crippen LogP contribution in [0.4, 0.5) is 0 Å². The molecule has 1 N–H and O–H groups in total. The first kappa shape index (κ1) is 17.9. The molecule has 0 saturated carbocycles. The van der Waals surface area contributed by atoms with Crippen molar-refractivity contribution in [3.8, 4) is 5.75 Å². The van der Waals surface area contributed by atoms with Gasteiger partial charge in [0, 0.05) is 11.7 Å². The molecule has 19 heavy (non-hydrogen) atoms. The van der Waals surface area contributed by atoms with E-state index in [0.29, 0.717) is 5.92 Å². The van der Waals surface area contributed by atoms with Crippen LogP contribution in [0.15, 0.2) is 24.3 Å². The van der Waals surface area contributed by atoms with Crippen LogP contribution in [0, 0.1) is 0 Å². The van der Waals surface area contributed by atoms with Crippen LogP contribution in [0.2, 0.25) is 0 Å². The average Bonchev–Trinajstić information content (AvgIpc) is 2.25. The smallest absolute Gasteiger partial charge is 0.168 e. The summed E-state index contributed by atoms with van der Waals surface area (Å²) in [4.78, 5) is 10.7. The van der Waals surface area contributed by atoms with Gasteiger partial charge in [0.1, 0.15) is 5.60 Å². The first-order chi connectivity index (χ1) is 8.63. The highest BCUT2D eigenvalue weighted by Gasteiger charge is 2.14. The maximum absolute atomic E-state index is 8.06. The molecule has 0 spiro atoms.